The fourth-order valence-corrected chi connectivity index (χ4v) is 1.72. The molecule has 112 valence electrons. The van der Waals surface area contributed by atoms with Gasteiger partial charge in [-0.15, -0.1) is 0 Å². The van der Waals surface area contributed by atoms with Gasteiger partial charge >= 0.3 is 6.18 Å². The highest BCUT2D eigenvalue weighted by molar-refractivity contribution is 6.35. The molecule has 0 saturated carbocycles. The zero-order valence-electron chi connectivity index (χ0n) is 10.8. The molecular weight excluding hydrogens is 299 g/mol. The standard InChI is InChI=1S/C11H13ClF3N3O2/c1-6-8(12)9(11(13,14)15)17-18(6)5-3-4-16-10(20)7(2)19/h3-5H2,1-2H3,(H,16,20). The van der Waals surface area contributed by atoms with Gasteiger partial charge < -0.3 is 5.32 Å². The van der Waals surface area contributed by atoms with Crippen molar-refractivity contribution in [1.82, 2.24) is 15.1 Å². The fraction of sp³-hybridized carbons (Fsp3) is 0.545. The zero-order chi connectivity index (χ0) is 15.5. The van der Waals surface area contributed by atoms with E-state index in [1.165, 1.54) is 6.92 Å². The van der Waals surface area contributed by atoms with Crippen molar-refractivity contribution >= 4 is 23.3 Å². The first-order valence-electron chi connectivity index (χ1n) is 5.73. The van der Waals surface area contributed by atoms with E-state index in [-0.39, 0.29) is 18.8 Å². The Hall–Kier alpha value is -1.57. The van der Waals surface area contributed by atoms with Gasteiger partial charge in [0.2, 0.25) is 5.78 Å². The van der Waals surface area contributed by atoms with Crippen molar-refractivity contribution in [3.63, 3.8) is 0 Å². The number of ketones is 1. The highest BCUT2D eigenvalue weighted by Crippen LogP contribution is 2.35. The number of hydrogen-bond donors (Lipinski definition) is 1. The Balaban J connectivity index is 2.62. The summed E-state index contributed by atoms with van der Waals surface area (Å²) >= 11 is 5.59. The predicted octanol–water partition coefficient (Wildman–Crippen LogP) is 1.96. The number of aromatic nitrogens is 2. The van der Waals surface area contributed by atoms with Gasteiger partial charge in [0, 0.05) is 20.0 Å². The number of aryl methyl sites for hydroxylation is 1. The summed E-state index contributed by atoms with van der Waals surface area (Å²) in [6, 6.07) is 0. The Bertz CT molecular complexity index is 526. The van der Waals surface area contributed by atoms with Gasteiger partial charge in [-0.25, -0.2) is 0 Å². The maximum Gasteiger partial charge on any atom is 0.436 e. The summed E-state index contributed by atoms with van der Waals surface area (Å²) in [5, 5.41) is 5.33. The Labute approximate surface area is 118 Å². The molecule has 9 heteroatoms. The number of Topliss-reactive ketones (excluding diaryl/α,β-unsaturated/α-hetero) is 1. The van der Waals surface area contributed by atoms with Crippen molar-refractivity contribution in [2.45, 2.75) is 33.0 Å². The normalized spacial score (nSPS) is 11.5. The van der Waals surface area contributed by atoms with Gasteiger partial charge in [0.15, 0.2) is 5.69 Å². The second-order valence-electron chi connectivity index (χ2n) is 4.13. The summed E-state index contributed by atoms with van der Waals surface area (Å²) in [4.78, 5) is 21.6. The molecule has 0 aromatic carbocycles. The molecule has 5 nitrogen and oxygen atoms in total. The molecule has 0 fully saturated rings. The van der Waals surface area contributed by atoms with Gasteiger partial charge in [-0.1, -0.05) is 11.6 Å². The molecule has 0 saturated heterocycles. The Morgan fingerprint density at radius 1 is 1.40 bits per heavy atom. The van der Waals surface area contributed by atoms with Crippen LogP contribution in [0.15, 0.2) is 0 Å². The second kappa shape index (κ2) is 6.25. The molecule has 0 bridgehead atoms. The number of amides is 1. The zero-order valence-corrected chi connectivity index (χ0v) is 11.6. The molecule has 1 aromatic rings. The lowest BCUT2D eigenvalue weighted by Gasteiger charge is -2.05. The molecule has 0 aliphatic carbocycles. The smallest absolute Gasteiger partial charge is 0.349 e. The van der Waals surface area contributed by atoms with Gasteiger partial charge in [0.25, 0.3) is 5.91 Å². The van der Waals surface area contributed by atoms with E-state index >= 15 is 0 Å². The first kappa shape index (κ1) is 16.5. The molecule has 20 heavy (non-hydrogen) atoms. The topological polar surface area (TPSA) is 64.0 Å². The van der Waals surface area contributed by atoms with Gasteiger partial charge in [-0.3, -0.25) is 14.3 Å². The lowest BCUT2D eigenvalue weighted by molar-refractivity contribution is -0.141. The molecule has 1 heterocycles. The molecule has 1 aromatic heterocycles. The molecule has 0 radical (unpaired) electrons. The minimum Gasteiger partial charge on any atom is -0.349 e. The number of nitrogens with zero attached hydrogens (tertiary/aromatic N) is 2. The summed E-state index contributed by atoms with van der Waals surface area (Å²) in [5.41, 5.74) is -0.915. The van der Waals surface area contributed by atoms with E-state index < -0.39 is 28.6 Å². The maximum absolute atomic E-state index is 12.6. The fourth-order valence-electron chi connectivity index (χ4n) is 1.48. The number of carbonyl (C=O) groups is 2. The molecule has 1 rings (SSSR count). The summed E-state index contributed by atoms with van der Waals surface area (Å²) in [6.07, 6.45) is -4.27. The van der Waals surface area contributed by atoms with Crippen LogP contribution in [-0.4, -0.2) is 28.0 Å². The predicted molar refractivity (Wildman–Crippen MR) is 65.3 cm³/mol. The van der Waals surface area contributed by atoms with Crippen LogP contribution in [0.3, 0.4) is 0 Å². The van der Waals surface area contributed by atoms with Crippen molar-refractivity contribution in [2.24, 2.45) is 0 Å². The van der Waals surface area contributed by atoms with Crippen LogP contribution in [-0.2, 0) is 22.3 Å². The van der Waals surface area contributed by atoms with Crippen LogP contribution in [0.1, 0.15) is 24.7 Å². The van der Waals surface area contributed by atoms with Crippen molar-refractivity contribution in [2.75, 3.05) is 6.54 Å². The van der Waals surface area contributed by atoms with Crippen molar-refractivity contribution < 1.29 is 22.8 Å². The summed E-state index contributed by atoms with van der Waals surface area (Å²) in [7, 11) is 0. The summed E-state index contributed by atoms with van der Waals surface area (Å²) in [5.74, 6) is -1.35. The maximum atomic E-state index is 12.6. The van der Waals surface area contributed by atoms with Gasteiger partial charge in [0.1, 0.15) is 0 Å². The van der Waals surface area contributed by atoms with E-state index in [0.29, 0.717) is 6.42 Å². The van der Waals surface area contributed by atoms with Gasteiger partial charge in [-0.2, -0.15) is 18.3 Å². The molecule has 0 aliphatic rings. The van der Waals surface area contributed by atoms with Crippen LogP contribution in [0.4, 0.5) is 13.2 Å². The third-order valence-electron chi connectivity index (χ3n) is 2.55. The highest BCUT2D eigenvalue weighted by Gasteiger charge is 2.38. The Kier molecular flexibility index (Phi) is 5.15. The van der Waals surface area contributed by atoms with Crippen LogP contribution in [0.2, 0.25) is 5.02 Å². The van der Waals surface area contributed by atoms with E-state index in [0.717, 1.165) is 11.6 Å². The van der Waals surface area contributed by atoms with Crippen LogP contribution in [0.5, 0.6) is 0 Å². The molecule has 0 unspecified atom stereocenters. The van der Waals surface area contributed by atoms with Crippen molar-refractivity contribution in [3.8, 4) is 0 Å². The van der Waals surface area contributed by atoms with Gasteiger partial charge in [0.05, 0.1) is 10.7 Å². The first-order chi connectivity index (χ1) is 9.14. The van der Waals surface area contributed by atoms with E-state index in [9.17, 15) is 22.8 Å². The van der Waals surface area contributed by atoms with Crippen LogP contribution in [0.25, 0.3) is 0 Å². The Morgan fingerprint density at radius 3 is 2.45 bits per heavy atom. The van der Waals surface area contributed by atoms with Gasteiger partial charge in [-0.05, 0) is 13.3 Å². The lowest BCUT2D eigenvalue weighted by atomic mass is 10.3. The summed E-state index contributed by atoms with van der Waals surface area (Å²) in [6.45, 7) is 2.87. The monoisotopic (exact) mass is 311 g/mol. The second-order valence-corrected chi connectivity index (χ2v) is 4.51. The SMILES string of the molecule is CC(=O)C(=O)NCCCn1nc(C(F)(F)F)c(Cl)c1C. The third-order valence-corrected chi connectivity index (χ3v) is 3.01. The van der Waals surface area contributed by atoms with E-state index in [4.69, 9.17) is 11.6 Å². The highest BCUT2D eigenvalue weighted by atomic mass is 35.5. The quantitative estimate of drug-likeness (QED) is 0.668. The minimum absolute atomic E-state index is 0.153. The third kappa shape index (κ3) is 3.96. The van der Waals surface area contributed by atoms with E-state index in [1.807, 2.05) is 0 Å². The number of carbonyl (C=O) groups excluding carboxylic acids is 2. The molecular formula is C11H13ClF3N3O2. The number of nitrogens with one attached hydrogen (secondary N) is 1. The number of halogens is 4. The first-order valence-corrected chi connectivity index (χ1v) is 6.11. The summed E-state index contributed by atoms with van der Waals surface area (Å²) < 4.78 is 38.8. The molecule has 0 spiro atoms. The number of rotatable bonds is 5. The van der Waals surface area contributed by atoms with Crippen LogP contribution >= 0.6 is 11.6 Å². The number of alkyl halides is 3. The van der Waals surface area contributed by atoms with Crippen molar-refractivity contribution in [1.29, 1.82) is 0 Å². The molecule has 0 aliphatic heterocycles. The molecule has 0 atom stereocenters. The number of hydrogen-bond acceptors (Lipinski definition) is 3. The largest absolute Gasteiger partial charge is 0.436 e. The molecule has 1 N–H and O–H groups in total. The average Bonchev–Trinajstić information content (AvgIpc) is 2.61. The average molecular weight is 312 g/mol. The van der Waals surface area contributed by atoms with E-state index in [1.54, 1.807) is 0 Å². The molecule has 1 amide bonds. The van der Waals surface area contributed by atoms with Crippen LogP contribution in [0, 0.1) is 6.92 Å². The van der Waals surface area contributed by atoms with E-state index in [2.05, 4.69) is 10.4 Å². The van der Waals surface area contributed by atoms with Crippen LogP contribution < -0.4 is 5.32 Å². The lowest BCUT2D eigenvalue weighted by Crippen LogP contribution is -2.30. The van der Waals surface area contributed by atoms with Crippen molar-refractivity contribution in [3.05, 3.63) is 16.4 Å². The Morgan fingerprint density at radius 2 is 2.00 bits per heavy atom. The minimum atomic E-state index is -4.60.